The Kier molecular flexibility index (Phi) is 6.43. The summed E-state index contributed by atoms with van der Waals surface area (Å²) in [6.45, 7) is 0.0808. The van der Waals surface area contributed by atoms with Gasteiger partial charge in [0.05, 0.1) is 6.21 Å². The van der Waals surface area contributed by atoms with Gasteiger partial charge in [-0.2, -0.15) is 5.10 Å². The maximum atomic E-state index is 12.8. The van der Waals surface area contributed by atoms with E-state index < -0.39 is 27.0 Å². The molecule has 2 N–H and O–H groups in total. The van der Waals surface area contributed by atoms with E-state index >= 15 is 0 Å². The fraction of sp³-hybridized carbons (Fsp3) is 0.0455. The van der Waals surface area contributed by atoms with Crippen LogP contribution in [0.2, 0.25) is 0 Å². The van der Waals surface area contributed by atoms with Crippen LogP contribution in [0.1, 0.15) is 21.7 Å². The van der Waals surface area contributed by atoms with E-state index in [1.165, 1.54) is 12.1 Å². The molecule has 0 saturated carbocycles. The summed E-state index contributed by atoms with van der Waals surface area (Å²) < 4.78 is 48.3. The van der Waals surface area contributed by atoms with Crippen LogP contribution in [-0.4, -0.2) is 37.8 Å². The third-order valence-corrected chi connectivity index (χ3v) is 5.16. The number of nitrogens with one attached hydrogen (secondary N) is 2. The number of rotatable bonds is 7. The third kappa shape index (κ3) is 5.49. The zero-order valence-corrected chi connectivity index (χ0v) is 18.1. The van der Waals surface area contributed by atoms with Crippen LogP contribution in [-0.2, 0) is 14.9 Å². The Labute approximate surface area is 193 Å². The average Bonchev–Trinajstić information content (AvgIpc) is 3.48. The lowest BCUT2D eigenvalue weighted by molar-refractivity contribution is -0.117. The third-order valence-electron chi connectivity index (χ3n) is 4.44. The standard InChI is InChI=1S/C22H17N3O8S/c26-21(15-4-2-1-3-5-15)24-17(10-14-6-8-18-19(11-14)32-13-31-18)22(27)25-23-12-16-7-9-20(33-16)34(28,29)30/h1-12H,13H2,(H,24,26)(H,25,27)(H,28,29,30)/p-1/b17-10+,23-12+. The van der Waals surface area contributed by atoms with Crippen molar-refractivity contribution in [3.05, 3.63) is 83.2 Å². The summed E-state index contributed by atoms with van der Waals surface area (Å²) in [7, 11) is -4.76. The molecule has 3 aromatic rings. The second kappa shape index (κ2) is 9.60. The van der Waals surface area contributed by atoms with Crippen LogP contribution >= 0.6 is 0 Å². The molecule has 0 aliphatic carbocycles. The maximum Gasteiger partial charge on any atom is 0.287 e. The minimum Gasteiger partial charge on any atom is -0.742 e. The highest BCUT2D eigenvalue weighted by atomic mass is 32.2. The zero-order valence-electron chi connectivity index (χ0n) is 17.3. The summed E-state index contributed by atoms with van der Waals surface area (Å²) >= 11 is 0. The normalized spacial score (nSPS) is 13.1. The first kappa shape index (κ1) is 22.8. The lowest BCUT2D eigenvalue weighted by atomic mass is 10.1. The Balaban J connectivity index is 1.54. The second-order valence-corrected chi connectivity index (χ2v) is 8.11. The van der Waals surface area contributed by atoms with Gasteiger partial charge in [-0.15, -0.1) is 0 Å². The van der Waals surface area contributed by atoms with E-state index in [4.69, 9.17) is 13.9 Å². The molecule has 0 unspecified atom stereocenters. The average molecular weight is 482 g/mol. The Morgan fingerprint density at radius 2 is 1.76 bits per heavy atom. The molecule has 11 nitrogen and oxygen atoms in total. The molecule has 0 atom stereocenters. The van der Waals surface area contributed by atoms with Crippen LogP contribution in [0, 0.1) is 0 Å². The van der Waals surface area contributed by atoms with Crippen molar-refractivity contribution in [1.82, 2.24) is 10.7 Å². The van der Waals surface area contributed by atoms with Gasteiger partial charge in [0.25, 0.3) is 11.8 Å². The predicted molar refractivity (Wildman–Crippen MR) is 117 cm³/mol. The number of carbonyl (C=O) groups excluding carboxylic acids is 2. The first-order valence-electron chi connectivity index (χ1n) is 9.66. The van der Waals surface area contributed by atoms with E-state index in [-0.39, 0.29) is 18.3 Å². The fourth-order valence-electron chi connectivity index (χ4n) is 2.86. The number of hydrazone groups is 1. The molecule has 1 aliphatic rings. The Hall–Kier alpha value is -4.42. The van der Waals surface area contributed by atoms with E-state index in [2.05, 4.69) is 15.8 Å². The van der Waals surface area contributed by atoms with Crippen molar-refractivity contribution >= 4 is 34.2 Å². The highest BCUT2D eigenvalue weighted by molar-refractivity contribution is 7.85. The highest BCUT2D eigenvalue weighted by Crippen LogP contribution is 2.33. The van der Waals surface area contributed by atoms with Gasteiger partial charge in [-0.05, 0) is 48.0 Å². The van der Waals surface area contributed by atoms with Crippen LogP contribution in [0.25, 0.3) is 6.08 Å². The molecule has 1 aromatic heterocycles. The summed E-state index contributed by atoms with van der Waals surface area (Å²) in [6.07, 6.45) is 2.42. The topological polar surface area (TPSA) is 159 Å². The van der Waals surface area contributed by atoms with Gasteiger partial charge in [0.1, 0.15) is 11.5 Å². The number of carbonyl (C=O) groups is 2. The molecule has 4 rings (SSSR count). The molecule has 2 aromatic carbocycles. The molecule has 12 heteroatoms. The summed E-state index contributed by atoms with van der Waals surface area (Å²) in [5, 5.41) is 5.45. The largest absolute Gasteiger partial charge is 0.742 e. The van der Waals surface area contributed by atoms with Gasteiger partial charge in [0.15, 0.2) is 21.6 Å². The first-order valence-corrected chi connectivity index (χ1v) is 11.1. The molecule has 0 fully saturated rings. The lowest BCUT2D eigenvalue weighted by Gasteiger charge is -2.09. The fourth-order valence-corrected chi connectivity index (χ4v) is 3.30. The SMILES string of the molecule is O=C(N/N=C/c1ccc(S(=O)(=O)[O-])o1)/C(=C\c1ccc2c(c1)OCO2)NC(=O)c1ccccc1. The Morgan fingerprint density at radius 1 is 1.00 bits per heavy atom. The summed E-state index contributed by atoms with van der Waals surface area (Å²) in [6, 6.07) is 15.4. The summed E-state index contributed by atoms with van der Waals surface area (Å²) in [5.74, 6) is -0.337. The molecular weight excluding hydrogens is 466 g/mol. The van der Waals surface area contributed by atoms with Gasteiger partial charge < -0.3 is 23.8 Å². The van der Waals surface area contributed by atoms with E-state index in [0.29, 0.717) is 22.6 Å². The molecule has 174 valence electrons. The Bertz CT molecular complexity index is 1390. The zero-order chi connectivity index (χ0) is 24.1. The van der Waals surface area contributed by atoms with Crippen LogP contribution in [0.15, 0.2) is 81.0 Å². The minimum absolute atomic E-state index is 0.0793. The van der Waals surface area contributed by atoms with Crippen LogP contribution in [0.3, 0.4) is 0 Å². The minimum atomic E-state index is -4.76. The van der Waals surface area contributed by atoms with Crippen molar-refractivity contribution in [2.24, 2.45) is 5.10 Å². The molecule has 2 heterocycles. The van der Waals surface area contributed by atoms with Crippen molar-refractivity contribution in [2.75, 3.05) is 6.79 Å². The summed E-state index contributed by atoms with van der Waals surface area (Å²) in [4.78, 5) is 25.4. The molecule has 34 heavy (non-hydrogen) atoms. The molecule has 1 aliphatic heterocycles. The van der Waals surface area contributed by atoms with Crippen molar-refractivity contribution in [3.63, 3.8) is 0 Å². The van der Waals surface area contributed by atoms with Gasteiger partial charge in [0, 0.05) is 5.56 Å². The quantitative estimate of drug-likeness (QED) is 0.223. The van der Waals surface area contributed by atoms with Crippen molar-refractivity contribution in [3.8, 4) is 11.5 Å². The number of amides is 2. The number of nitrogens with zero attached hydrogens (tertiary/aromatic N) is 1. The highest BCUT2D eigenvalue weighted by Gasteiger charge is 2.17. The van der Waals surface area contributed by atoms with Gasteiger partial charge in [-0.3, -0.25) is 9.59 Å². The molecule has 0 spiro atoms. The molecule has 2 amide bonds. The van der Waals surface area contributed by atoms with Crippen molar-refractivity contribution < 1.29 is 36.5 Å². The van der Waals surface area contributed by atoms with E-state index in [9.17, 15) is 22.6 Å². The molecule has 0 saturated heterocycles. The van der Waals surface area contributed by atoms with Crippen molar-refractivity contribution in [1.29, 1.82) is 0 Å². The van der Waals surface area contributed by atoms with Crippen LogP contribution in [0.5, 0.6) is 11.5 Å². The number of hydrogen-bond acceptors (Lipinski definition) is 9. The lowest BCUT2D eigenvalue weighted by Crippen LogP contribution is -2.32. The van der Waals surface area contributed by atoms with Gasteiger partial charge in [-0.25, -0.2) is 13.8 Å². The molecule has 0 radical (unpaired) electrons. The Morgan fingerprint density at radius 3 is 2.50 bits per heavy atom. The van der Waals surface area contributed by atoms with Crippen LogP contribution < -0.4 is 20.2 Å². The van der Waals surface area contributed by atoms with E-state index in [1.807, 2.05) is 0 Å². The van der Waals surface area contributed by atoms with Gasteiger partial charge in [0.2, 0.25) is 11.9 Å². The smallest absolute Gasteiger partial charge is 0.287 e. The van der Waals surface area contributed by atoms with E-state index in [1.54, 1.807) is 48.5 Å². The van der Waals surface area contributed by atoms with Gasteiger partial charge in [-0.1, -0.05) is 24.3 Å². The first-order chi connectivity index (χ1) is 16.3. The molecular formula is C22H16N3O8S-. The number of ether oxygens (including phenoxy) is 2. The second-order valence-electron chi connectivity index (χ2n) is 6.80. The van der Waals surface area contributed by atoms with Crippen molar-refractivity contribution in [2.45, 2.75) is 5.09 Å². The monoisotopic (exact) mass is 482 g/mol. The number of furan rings is 1. The van der Waals surface area contributed by atoms with Gasteiger partial charge >= 0.3 is 0 Å². The van der Waals surface area contributed by atoms with E-state index in [0.717, 1.165) is 12.3 Å². The predicted octanol–water partition coefficient (Wildman–Crippen LogP) is 1.83. The summed E-state index contributed by atoms with van der Waals surface area (Å²) in [5.41, 5.74) is 2.96. The number of fused-ring (bicyclic) bond motifs is 1. The molecule has 0 bridgehead atoms. The number of hydrogen-bond donors (Lipinski definition) is 2. The number of benzene rings is 2. The van der Waals surface area contributed by atoms with Crippen LogP contribution in [0.4, 0.5) is 0 Å². The maximum absolute atomic E-state index is 12.8.